The summed E-state index contributed by atoms with van der Waals surface area (Å²) in [6, 6.07) is 6.70. The topological polar surface area (TPSA) is 109 Å². The Kier molecular flexibility index (Phi) is 9.96. The molecule has 30 heavy (non-hydrogen) atoms. The highest BCUT2D eigenvalue weighted by Gasteiger charge is 2.15. The zero-order valence-corrected chi connectivity index (χ0v) is 18.3. The summed E-state index contributed by atoms with van der Waals surface area (Å²) in [5, 5.41) is 11.0. The van der Waals surface area contributed by atoms with Crippen molar-refractivity contribution >= 4 is 40.4 Å². The monoisotopic (exact) mass is 453 g/mol. The lowest BCUT2D eigenvalue weighted by molar-refractivity contribution is -0.111. The fraction of sp³-hybridized carbons (Fsp3) is 0.400. The number of hydrogen-bond donors (Lipinski definition) is 3. The Bertz CT molecular complexity index is 838. The first-order valence-electron chi connectivity index (χ1n) is 9.36. The maximum absolute atomic E-state index is 11.8. The maximum Gasteiger partial charge on any atom is 0.178 e. The number of hydroxylamine groups is 1. The standard InChI is InChI=1S/C20H25Cl2N5O3/c1-13(17(22)6-7-21)27-30-12-26-18-5-4-15(10-16(18)20(23)14(2)28)29-11-19-24-8-3-9-25-19/h3-5,8-10,13,17,23,26-27H,6-7,11-12H2,1-2H3/t13?,17-/m1/s1. The van der Waals surface area contributed by atoms with Crippen LogP contribution in [0.1, 0.15) is 31.7 Å². The van der Waals surface area contributed by atoms with Crippen molar-refractivity contribution in [2.75, 3.05) is 17.9 Å². The van der Waals surface area contributed by atoms with Gasteiger partial charge in [-0.25, -0.2) is 9.97 Å². The fourth-order valence-corrected chi connectivity index (χ4v) is 2.94. The third-order valence-corrected chi connectivity index (χ3v) is 4.95. The van der Waals surface area contributed by atoms with Crippen molar-refractivity contribution in [1.82, 2.24) is 15.4 Å². The molecule has 0 spiro atoms. The SMILES string of the molecule is CC(=O)C(=N)c1cc(OCc2ncccn2)ccc1NCONC(C)[C@H](Cl)CCCl. The van der Waals surface area contributed by atoms with Gasteiger partial charge in [0.15, 0.2) is 11.6 Å². The molecule has 1 aromatic heterocycles. The predicted octanol–water partition coefficient (Wildman–Crippen LogP) is 3.53. The van der Waals surface area contributed by atoms with Gasteiger partial charge >= 0.3 is 0 Å². The van der Waals surface area contributed by atoms with Crippen LogP contribution in [0.5, 0.6) is 5.75 Å². The van der Waals surface area contributed by atoms with Crippen LogP contribution in [-0.2, 0) is 16.2 Å². The van der Waals surface area contributed by atoms with Crippen molar-refractivity contribution in [3.8, 4) is 5.75 Å². The molecular weight excluding hydrogens is 429 g/mol. The van der Waals surface area contributed by atoms with E-state index in [9.17, 15) is 4.79 Å². The molecule has 2 aromatic rings. The summed E-state index contributed by atoms with van der Waals surface area (Å²) in [5.74, 6) is 1.14. The molecule has 8 nitrogen and oxygen atoms in total. The molecule has 0 saturated heterocycles. The Morgan fingerprint density at radius 1 is 1.30 bits per heavy atom. The van der Waals surface area contributed by atoms with E-state index in [2.05, 4.69) is 20.8 Å². The molecule has 0 aliphatic rings. The van der Waals surface area contributed by atoms with E-state index in [1.165, 1.54) is 6.92 Å². The number of nitrogens with zero attached hydrogens (tertiary/aromatic N) is 2. The number of halogens is 2. The number of anilines is 1. The minimum atomic E-state index is -0.361. The Morgan fingerprint density at radius 3 is 2.70 bits per heavy atom. The van der Waals surface area contributed by atoms with Crippen LogP contribution in [0.15, 0.2) is 36.7 Å². The van der Waals surface area contributed by atoms with Gasteiger partial charge in [0.1, 0.15) is 24.8 Å². The Balaban J connectivity index is 2.00. The lowest BCUT2D eigenvalue weighted by Gasteiger charge is -2.19. The van der Waals surface area contributed by atoms with Crippen molar-refractivity contribution in [2.45, 2.75) is 38.3 Å². The van der Waals surface area contributed by atoms with Crippen LogP contribution in [0.4, 0.5) is 5.69 Å². The number of alkyl halides is 2. The van der Waals surface area contributed by atoms with E-state index < -0.39 is 0 Å². The molecule has 2 rings (SSSR count). The molecule has 1 heterocycles. The van der Waals surface area contributed by atoms with Crippen molar-refractivity contribution in [1.29, 1.82) is 5.41 Å². The van der Waals surface area contributed by atoms with Gasteiger partial charge in [0.25, 0.3) is 0 Å². The number of ether oxygens (including phenoxy) is 1. The van der Waals surface area contributed by atoms with Gasteiger partial charge in [0.05, 0.1) is 5.38 Å². The van der Waals surface area contributed by atoms with Crippen LogP contribution in [0.2, 0.25) is 0 Å². The minimum absolute atomic E-state index is 0.0989. The summed E-state index contributed by atoms with van der Waals surface area (Å²) < 4.78 is 5.69. The zero-order chi connectivity index (χ0) is 21.9. The first-order valence-corrected chi connectivity index (χ1v) is 10.3. The van der Waals surface area contributed by atoms with E-state index in [0.29, 0.717) is 35.1 Å². The smallest absolute Gasteiger partial charge is 0.178 e. The summed E-state index contributed by atoms with van der Waals surface area (Å²) in [5.41, 5.74) is 3.68. The molecule has 1 unspecified atom stereocenters. The van der Waals surface area contributed by atoms with Gasteiger partial charge in [0.2, 0.25) is 0 Å². The summed E-state index contributed by atoms with van der Waals surface area (Å²) in [6.07, 6.45) is 3.92. The third kappa shape index (κ3) is 7.53. The fourth-order valence-electron chi connectivity index (χ4n) is 2.43. The minimum Gasteiger partial charge on any atom is -0.486 e. The average molecular weight is 454 g/mol. The number of ketones is 1. The number of rotatable bonds is 13. The van der Waals surface area contributed by atoms with Gasteiger partial charge in [0, 0.05) is 42.5 Å². The average Bonchev–Trinajstić information content (AvgIpc) is 2.75. The lowest BCUT2D eigenvalue weighted by Crippen LogP contribution is -2.36. The summed E-state index contributed by atoms with van der Waals surface area (Å²) in [7, 11) is 0. The first-order chi connectivity index (χ1) is 14.4. The predicted molar refractivity (Wildman–Crippen MR) is 117 cm³/mol. The molecule has 0 aliphatic carbocycles. The Morgan fingerprint density at radius 2 is 2.03 bits per heavy atom. The van der Waals surface area contributed by atoms with Gasteiger partial charge in [-0.05, 0) is 37.6 Å². The van der Waals surface area contributed by atoms with E-state index in [0.717, 1.165) is 0 Å². The molecule has 2 atom stereocenters. The molecule has 0 bridgehead atoms. The van der Waals surface area contributed by atoms with Crippen molar-refractivity contribution in [2.24, 2.45) is 0 Å². The van der Waals surface area contributed by atoms with E-state index in [1.54, 1.807) is 36.7 Å². The Labute approximate surface area is 185 Å². The van der Waals surface area contributed by atoms with Crippen LogP contribution in [0.3, 0.4) is 0 Å². The molecule has 0 radical (unpaired) electrons. The van der Waals surface area contributed by atoms with Crippen molar-refractivity contribution in [3.05, 3.63) is 48.0 Å². The first kappa shape index (κ1) is 24.0. The second-order valence-corrected chi connectivity index (χ2v) is 7.40. The van der Waals surface area contributed by atoms with E-state index in [4.69, 9.17) is 38.2 Å². The van der Waals surface area contributed by atoms with Crippen molar-refractivity contribution in [3.63, 3.8) is 0 Å². The van der Waals surface area contributed by atoms with Crippen LogP contribution < -0.4 is 15.5 Å². The maximum atomic E-state index is 11.8. The normalized spacial score (nSPS) is 12.8. The van der Waals surface area contributed by atoms with Crippen LogP contribution in [0.25, 0.3) is 0 Å². The summed E-state index contributed by atoms with van der Waals surface area (Å²) in [6.45, 7) is 3.51. The number of benzene rings is 1. The van der Waals surface area contributed by atoms with E-state index >= 15 is 0 Å². The number of hydrogen-bond acceptors (Lipinski definition) is 8. The van der Waals surface area contributed by atoms with E-state index in [1.807, 2.05) is 6.92 Å². The molecule has 0 saturated carbocycles. The number of Topliss-reactive ketones (excluding diaryl/α,β-unsaturated/α-hetero) is 1. The second kappa shape index (κ2) is 12.4. The van der Waals surface area contributed by atoms with Crippen LogP contribution >= 0.6 is 23.2 Å². The molecule has 0 fully saturated rings. The number of aromatic nitrogens is 2. The molecule has 162 valence electrons. The lowest BCUT2D eigenvalue weighted by atomic mass is 10.0. The molecule has 1 aromatic carbocycles. The largest absolute Gasteiger partial charge is 0.486 e. The van der Waals surface area contributed by atoms with Crippen LogP contribution in [0, 0.1) is 5.41 Å². The quantitative estimate of drug-likeness (QED) is 0.140. The highest BCUT2D eigenvalue weighted by atomic mass is 35.5. The zero-order valence-electron chi connectivity index (χ0n) is 16.8. The molecule has 0 amide bonds. The molecule has 0 aliphatic heterocycles. The second-order valence-electron chi connectivity index (χ2n) is 6.46. The molecular formula is C20H25Cl2N5O3. The molecule has 3 N–H and O–H groups in total. The number of carbonyl (C=O) groups is 1. The highest BCUT2D eigenvalue weighted by Crippen LogP contribution is 2.23. The van der Waals surface area contributed by atoms with E-state index in [-0.39, 0.29) is 36.3 Å². The third-order valence-electron chi connectivity index (χ3n) is 4.13. The van der Waals surface area contributed by atoms with Gasteiger partial charge in [-0.2, -0.15) is 5.48 Å². The highest BCUT2D eigenvalue weighted by molar-refractivity contribution is 6.45. The van der Waals surface area contributed by atoms with Crippen molar-refractivity contribution < 1.29 is 14.4 Å². The van der Waals surface area contributed by atoms with Gasteiger partial charge in [-0.1, -0.05) is 0 Å². The summed E-state index contributed by atoms with van der Waals surface area (Å²) >= 11 is 11.9. The molecule has 10 heteroatoms. The van der Waals surface area contributed by atoms with Gasteiger partial charge in [-0.3, -0.25) is 15.0 Å². The van der Waals surface area contributed by atoms with Gasteiger partial charge in [-0.15, -0.1) is 23.2 Å². The summed E-state index contributed by atoms with van der Waals surface area (Å²) in [4.78, 5) is 25.4. The Hall–Kier alpha value is -2.26. The van der Waals surface area contributed by atoms with Crippen LogP contribution in [-0.4, -0.2) is 45.5 Å². The van der Waals surface area contributed by atoms with Gasteiger partial charge < -0.3 is 10.1 Å². The number of carbonyl (C=O) groups excluding carboxylic acids is 1. The number of nitrogens with one attached hydrogen (secondary N) is 3.